The van der Waals surface area contributed by atoms with Gasteiger partial charge in [0.25, 0.3) is 5.91 Å². The molecule has 0 saturated heterocycles. The van der Waals surface area contributed by atoms with Crippen LogP contribution in [0.4, 0.5) is 15.8 Å². The lowest BCUT2D eigenvalue weighted by Gasteiger charge is -2.03. The molecule has 2 rings (SSSR count). The molecule has 116 valence electrons. The van der Waals surface area contributed by atoms with Crippen molar-refractivity contribution in [3.8, 4) is 0 Å². The van der Waals surface area contributed by atoms with E-state index >= 15 is 0 Å². The van der Waals surface area contributed by atoms with Gasteiger partial charge in [-0.05, 0) is 18.2 Å². The lowest BCUT2D eigenvalue weighted by molar-refractivity contribution is -0.387. The molecule has 0 aliphatic carbocycles. The molecule has 0 unspecified atom stereocenters. The van der Waals surface area contributed by atoms with E-state index in [2.05, 4.69) is 5.32 Å². The number of thiophene rings is 1. The molecular weight excluding hydrogens is 337 g/mol. The van der Waals surface area contributed by atoms with E-state index in [0.717, 1.165) is 35.6 Å². The second-order valence-corrected chi connectivity index (χ2v) is 6.78. The van der Waals surface area contributed by atoms with Crippen molar-refractivity contribution < 1.29 is 22.5 Å². The first kappa shape index (κ1) is 16.0. The Morgan fingerprint density at radius 1 is 1.36 bits per heavy atom. The van der Waals surface area contributed by atoms with Crippen LogP contribution in [-0.2, 0) is 10.0 Å². The molecule has 3 N–H and O–H groups in total. The quantitative estimate of drug-likeness (QED) is 0.643. The summed E-state index contributed by atoms with van der Waals surface area (Å²) in [6.07, 6.45) is 0. The van der Waals surface area contributed by atoms with Crippen molar-refractivity contribution in [1.82, 2.24) is 0 Å². The van der Waals surface area contributed by atoms with Gasteiger partial charge >= 0.3 is 5.69 Å². The van der Waals surface area contributed by atoms with Crippen molar-refractivity contribution >= 4 is 38.6 Å². The van der Waals surface area contributed by atoms with Gasteiger partial charge in [-0.15, -0.1) is 11.3 Å². The molecule has 0 spiro atoms. The number of primary sulfonamides is 1. The standard InChI is InChI=1S/C11H8FN3O5S2/c12-8-2-1-7(4-9(8)15(17)18)14-11(16)6-3-10(21-5-6)22(13,19)20/h1-5H,(H,14,16)(H2,13,19,20). The van der Waals surface area contributed by atoms with Crippen LogP contribution in [0.3, 0.4) is 0 Å². The summed E-state index contributed by atoms with van der Waals surface area (Å²) < 4.78 is 35.2. The van der Waals surface area contributed by atoms with Crippen molar-refractivity contribution in [2.75, 3.05) is 5.32 Å². The predicted octanol–water partition coefficient (Wildman–Crippen LogP) is 1.70. The van der Waals surface area contributed by atoms with Crippen LogP contribution in [-0.4, -0.2) is 19.2 Å². The number of hydrogen-bond acceptors (Lipinski definition) is 6. The average Bonchev–Trinajstić information content (AvgIpc) is 2.90. The third-order valence-electron chi connectivity index (χ3n) is 2.52. The van der Waals surface area contributed by atoms with Crippen LogP contribution in [0.25, 0.3) is 0 Å². The first-order valence-corrected chi connectivity index (χ1v) is 7.97. The van der Waals surface area contributed by atoms with Gasteiger partial charge in [-0.1, -0.05) is 0 Å². The SMILES string of the molecule is NS(=O)(=O)c1cc(C(=O)Nc2ccc(F)c([N+](=O)[O-])c2)cs1. The summed E-state index contributed by atoms with van der Waals surface area (Å²) in [5.74, 6) is -1.73. The number of carbonyl (C=O) groups is 1. The molecule has 0 radical (unpaired) electrons. The van der Waals surface area contributed by atoms with Crippen molar-refractivity contribution in [3.05, 3.63) is 51.1 Å². The Balaban J connectivity index is 2.24. The zero-order chi connectivity index (χ0) is 16.5. The Morgan fingerprint density at radius 3 is 2.59 bits per heavy atom. The molecule has 0 aliphatic rings. The Labute approximate surface area is 127 Å². The highest BCUT2D eigenvalue weighted by Crippen LogP contribution is 2.23. The van der Waals surface area contributed by atoms with Gasteiger partial charge in [-0.3, -0.25) is 14.9 Å². The molecule has 1 aromatic heterocycles. The van der Waals surface area contributed by atoms with Gasteiger partial charge in [0.1, 0.15) is 4.21 Å². The van der Waals surface area contributed by atoms with Crippen molar-refractivity contribution in [2.45, 2.75) is 4.21 Å². The van der Waals surface area contributed by atoms with E-state index in [1.54, 1.807) is 0 Å². The summed E-state index contributed by atoms with van der Waals surface area (Å²) in [5, 5.41) is 19.1. The van der Waals surface area contributed by atoms with Crippen LogP contribution in [0, 0.1) is 15.9 Å². The number of nitro benzene ring substituents is 1. The van der Waals surface area contributed by atoms with Gasteiger partial charge in [0.05, 0.1) is 10.5 Å². The third-order valence-corrected chi connectivity index (χ3v) is 4.90. The smallest absolute Gasteiger partial charge is 0.306 e. The summed E-state index contributed by atoms with van der Waals surface area (Å²) in [4.78, 5) is 21.6. The topological polar surface area (TPSA) is 132 Å². The molecule has 0 atom stereocenters. The number of nitrogens with two attached hydrogens (primary N) is 1. The molecule has 0 bridgehead atoms. The number of anilines is 1. The van der Waals surface area contributed by atoms with E-state index in [0.29, 0.717) is 0 Å². The molecule has 1 heterocycles. The zero-order valence-corrected chi connectivity index (χ0v) is 12.3. The minimum atomic E-state index is -3.91. The first-order valence-electron chi connectivity index (χ1n) is 5.55. The van der Waals surface area contributed by atoms with E-state index in [1.807, 2.05) is 0 Å². The van der Waals surface area contributed by atoms with E-state index in [9.17, 15) is 27.7 Å². The number of nitrogens with one attached hydrogen (secondary N) is 1. The highest BCUT2D eigenvalue weighted by molar-refractivity contribution is 7.91. The van der Waals surface area contributed by atoms with Crippen LogP contribution in [0.5, 0.6) is 0 Å². The molecule has 1 amide bonds. The molecular formula is C11H8FN3O5S2. The maximum atomic E-state index is 13.2. The minimum absolute atomic E-state index is 0.00135. The average molecular weight is 345 g/mol. The molecule has 2 aromatic rings. The fraction of sp³-hybridized carbons (Fsp3) is 0. The summed E-state index contributed by atoms with van der Waals surface area (Å²) in [6.45, 7) is 0. The van der Waals surface area contributed by atoms with Crippen LogP contribution in [0.15, 0.2) is 33.9 Å². The highest BCUT2D eigenvalue weighted by atomic mass is 32.2. The van der Waals surface area contributed by atoms with Crippen LogP contribution >= 0.6 is 11.3 Å². The number of nitro groups is 1. The number of nitrogens with zero attached hydrogens (tertiary/aromatic N) is 1. The first-order chi connectivity index (χ1) is 10.2. The molecule has 8 nitrogen and oxygen atoms in total. The maximum absolute atomic E-state index is 13.2. The number of rotatable bonds is 4. The lowest BCUT2D eigenvalue weighted by atomic mass is 10.2. The summed E-state index contributed by atoms with van der Waals surface area (Å²) >= 11 is 0.764. The second-order valence-electron chi connectivity index (χ2n) is 4.08. The highest BCUT2D eigenvalue weighted by Gasteiger charge is 2.18. The second kappa shape index (κ2) is 5.79. The molecule has 0 aliphatic heterocycles. The van der Waals surface area contributed by atoms with Crippen molar-refractivity contribution in [3.63, 3.8) is 0 Å². The molecule has 0 fully saturated rings. The number of benzene rings is 1. The lowest BCUT2D eigenvalue weighted by Crippen LogP contribution is -2.12. The Kier molecular flexibility index (Phi) is 4.21. The molecule has 22 heavy (non-hydrogen) atoms. The molecule has 1 aromatic carbocycles. The van der Waals surface area contributed by atoms with E-state index in [4.69, 9.17) is 5.14 Å². The van der Waals surface area contributed by atoms with Gasteiger partial charge in [-0.25, -0.2) is 13.6 Å². The Hall–Kier alpha value is -2.37. The van der Waals surface area contributed by atoms with Gasteiger partial charge in [-0.2, -0.15) is 4.39 Å². The minimum Gasteiger partial charge on any atom is -0.322 e. The Morgan fingerprint density at radius 2 is 2.05 bits per heavy atom. The van der Waals surface area contributed by atoms with E-state index < -0.39 is 32.4 Å². The van der Waals surface area contributed by atoms with Gasteiger partial charge in [0, 0.05) is 17.1 Å². The Bertz CT molecular complexity index is 862. The fourth-order valence-corrected chi connectivity index (χ4v) is 3.10. The van der Waals surface area contributed by atoms with Crippen molar-refractivity contribution in [2.24, 2.45) is 5.14 Å². The van der Waals surface area contributed by atoms with E-state index in [-0.39, 0.29) is 15.5 Å². The zero-order valence-electron chi connectivity index (χ0n) is 10.6. The van der Waals surface area contributed by atoms with Gasteiger partial charge in [0.15, 0.2) is 0 Å². The third kappa shape index (κ3) is 3.44. The summed E-state index contributed by atoms with van der Waals surface area (Å²) in [5.41, 5.74) is -0.768. The van der Waals surface area contributed by atoms with E-state index in [1.165, 1.54) is 5.38 Å². The van der Waals surface area contributed by atoms with Crippen LogP contribution in [0.1, 0.15) is 10.4 Å². The molecule has 11 heteroatoms. The number of halogens is 1. The number of amides is 1. The monoisotopic (exact) mass is 345 g/mol. The van der Waals surface area contributed by atoms with Crippen LogP contribution < -0.4 is 10.5 Å². The number of carbonyl (C=O) groups excluding carboxylic acids is 1. The van der Waals surface area contributed by atoms with Gasteiger partial charge < -0.3 is 5.32 Å². The van der Waals surface area contributed by atoms with Gasteiger partial charge in [0.2, 0.25) is 15.8 Å². The number of sulfonamides is 1. The van der Waals surface area contributed by atoms with Crippen molar-refractivity contribution in [1.29, 1.82) is 0 Å². The largest absolute Gasteiger partial charge is 0.322 e. The molecule has 0 saturated carbocycles. The number of hydrogen-bond donors (Lipinski definition) is 2. The summed E-state index contributed by atoms with van der Waals surface area (Å²) in [6, 6.07) is 3.93. The van der Waals surface area contributed by atoms with Crippen LogP contribution in [0.2, 0.25) is 0 Å². The predicted molar refractivity (Wildman–Crippen MR) is 76.7 cm³/mol. The normalized spacial score (nSPS) is 11.2. The maximum Gasteiger partial charge on any atom is 0.306 e. The fourth-order valence-electron chi connectivity index (χ4n) is 1.52. The summed E-state index contributed by atoms with van der Waals surface area (Å²) in [7, 11) is -3.91.